The second-order valence-electron chi connectivity index (χ2n) is 37.0. The van der Waals surface area contributed by atoms with Crippen molar-refractivity contribution in [2.45, 2.75) is 232 Å². The highest BCUT2D eigenvalue weighted by Crippen LogP contribution is 2.49. The Morgan fingerprint density at radius 3 is 1.29 bits per heavy atom. The number of aryl methyl sites for hydroxylation is 2. The third kappa shape index (κ3) is 21.1. The molecule has 34 nitrogen and oxygen atoms in total. The molecule has 1 unspecified atom stereocenters. The van der Waals surface area contributed by atoms with Gasteiger partial charge in [0.25, 0.3) is 22.9 Å². The number of aliphatic hydroxyl groups is 2. The van der Waals surface area contributed by atoms with Gasteiger partial charge in [-0.05, 0) is 148 Å². The first kappa shape index (κ1) is 99.3. The van der Waals surface area contributed by atoms with Crippen LogP contribution in [0.4, 0.5) is 8.78 Å². The quantitative estimate of drug-likeness (QED) is 0.0105. The Balaban J connectivity index is 0.000000211. The fourth-order valence-electron chi connectivity index (χ4n) is 20.1. The molecule has 1 fully saturated rings. The summed E-state index contributed by atoms with van der Waals surface area (Å²) in [6, 6.07) is 22.6. The number of unbranched alkanes of at least 4 members (excludes halogenated alkanes) is 4. The van der Waals surface area contributed by atoms with E-state index in [1.165, 1.54) is 38.3 Å². The van der Waals surface area contributed by atoms with Crippen molar-refractivity contribution >= 4 is 116 Å². The summed E-state index contributed by atoms with van der Waals surface area (Å²) in [7, 11) is 0. The van der Waals surface area contributed by atoms with Crippen LogP contribution in [0.25, 0.3) is 44.6 Å². The molecule has 16 rings (SSSR count). The molecule has 0 spiro atoms. The van der Waals surface area contributed by atoms with Gasteiger partial charge in [0.2, 0.25) is 47.3 Å². The van der Waals surface area contributed by atoms with Crippen LogP contribution in [-0.4, -0.2) is 173 Å². The van der Waals surface area contributed by atoms with Crippen LogP contribution in [-0.2, 0) is 149 Å². The molecule has 728 valence electrons. The maximum absolute atomic E-state index is 15.4. The van der Waals surface area contributed by atoms with Crippen LogP contribution in [0.5, 0.6) is 0 Å². The number of ether oxygens (including phenoxy) is 2. The van der Waals surface area contributed by atoms with Gasteiger partial charge in [0.05, 0.1) is 96.3 Å². The highest BCUT2D eigenvalue weighted by Gasteiger charge is 2.49. The summed E-state index contributed by atoms with van der Waals surface area (Å²) in [4.78, 5) is 245. The molecule has 2 aliphatic carbocycles. The van der Waals surface area contributed by atoms with Gasteiger partial charge >= 0.3 is 11.9 Å². The van der Waals surface area contributed by atoms with Gasteiger partial charge in [0, 0.05) is 146 Å². The lowest BCUT2D eigenvalue weighted by molar-refractivity contribution is -0.172. The lowest BCUT2D eigenvalue weighted by Crippen LogP contribution is -2.44. The second-order valence-corrected chi connectivity index (χ2v) is 37.0. The minimum absolute atomic E-state index is 0.0135. The van der Waals surface area contributed by atoms with Crippen LogP contribution in [0.3, 0.4) is 0 Å². The fraction of sp³-hybridized carbons (Fsp3) is 0.437. The number of nitrogens with zero attached hydrogens (tertiary/aromatic N) is 6. The van der Waals surface area contributed by atoms with Crippen molar-refractivity contribution in [3.05, 3.63) is 207 Å². The monoisotopic (exact) mass is 1900 g/mol. The molecule has 10 amide bonds. The van der Waals surface area contributed by atoms with Crippen molar-refractivity contribution in [1.82, 2.24) is 60.8 Å². The van der Waals surface area contributed by atoms with Gasteiger partial charge in [0.15, 0.2) is 22.8 Å². The Morgan fingerprint density at radius 1 is 0.482 bits per heavy atom. The van der Waals surface area contributed by atoms with Gasteiger partial charge in [-0.15, -0.1) is 0 Å². The van der Waals surface area contributed by atoms with Crippen LogP contribution in [0.15, 0.2) is 107 Å². The van der Waals surface area contributed by atoms with Gasteiger partial charge in [-0.2, -0.15) is 0 Å². The van der Waals surface area contributed by atoms with E-state index in [1.54, 1.807) is 71.0 Å². The molecule has 8 aliphatic rings. The van der Waals surface area contributed by atoms with Crippen LogP contribution in [0, 0.1) is 43.2 Å². The van der Waals surface area contributed by atoms with E-state index in [-0.39, 0.29) is 193 Å². The molecule has 0 saturated carbocycles. The van der Waals surface area contributed by atoms with Gasteiger partial charge in [-0.3, -0.25) is 86.5 Å². The van der Waals surface area contributed by atoms with Gasteiger partial charge in [0.1, 0.15) is 36.4 Å². The number of hydrogen-bond acceptors (Lipinski definition) is 24. The van der Waals surface area contributed by atoms with Crippen molar-refractivity contribution in [2.75, 3.05) is 39.3 Å². The Morgan fingerprint density at radius 2 is 0.892 bits per heavy atom. The predicted octanol–water partition coefficient (Wildman–Crippen LogP) is 7.50. The standard InChI is InChI=1S/C52H57FN6O11.C51H53FN6O11/c1-4-52(69)37-22-41-47-35(26-59(41)50(67)36(37)27-70-51(52)68)46-39(16-15-34-29(3)38(53)23-40(57-47)45(34)46)56-43(63)25-55-48(65)31(20-30-11-7-5-8-12-30)21-33(61)24-54-42(62)17-14-32(60)13-9-6-10-18-58-44(64)19-28(2)49(58)66;1-3-51(68)36-22-40-47-34(26-58(40)49(66)35(36)27-69-50(51)67)46-38(15-14-33-28(2)37(52)23-39(56-47)45(33)46)55-42(62)25-54-48(65)30(20-29-10-6-4-7-11-29)21-32(60)24-53-41(61)16-13-31(59)12-8-5-9-19-57-43(63)17-18-44(57)64/h5,7-8,11-12,22-23,28,31,39,69H,4,6,9-10,13-21,24-27H2,1-3H3,(H,54,62)(H,55,65)(H,56,63);4,6-7,10-11,17-18,22-23,30,38,68H,3,5,8-9,12-16,19-21,24-27H2,1-2H3,(H,53,61)(H,54,65)(H,55,62)/t28?,31-,39+,52+;30-,38+,51+/m11/s1. The Labute approximate surface area is 797 Å². The summed E-state index contributed by atoms with van der Waals surface area (Å²) in [6.45, 7) is 6.76. The average molecular weight is 1910 g/mol. The lowest BCUT2D eigenvalue weighted by Gasteiger charge is -2.31. The van der Waals surface area contributed by atoms with E-state index >= 15 is 8.78 Å². The van der Waals surface area contributed by atoms with Gasteiger partial charge in [-0.1, -0.05) is 94.3 Å². The lowest BCUT2D eigenvalue weighted by atomic mass is 9.81. The highest BCUT2D eigenvalue weighted by atomic mass is 19.1. The Hall–Kier alpha value is -14.2. The number of carbonyl (C=O) groups is 16. The number of ketones is 4. The number of aromatic nitrogens is 4. The first-order chi connectivity index (χ1) is 66.5. The van der Waals surface area contributed by atoms with Crippen molar-refractivity contribution in [3.63, 3.8) is 0 Å². The molecule has 10 heterocycles. The number of likely N-dealkylation sites (tertiary alicyclic amines) is 1. The van der Waals surface area contributed by atoms with Gasteiger partial charge in [-0.25, -0.2) is 28.3 Å². The molecule has 36 heteroatoms. The van der Waals surface area contributed by atoms with Crippen molar-refractivity contribution in [1.29, 1.82) is 0 Å². The van der Waals surface area contributed by atoms with Crippen LogP contribution >= 0.6 is 0 Å². The third-order valence-corrected chi connectivity index (χ3v) is 27.9. The zero-order chi connectivity index (χ0) is 99.2. The van der Waals surface area contributed by atoms with E-state index in [2.05, 4.69) is 31.9 Å². The maximum atomic E-state index is 15.4. The molecule has 139 heavy (non-hydrogen) atoms. The Kier molecular flexibility index (Phi) is 30.3. The summed E-state index contributed by atoms with van der Waals surface area (Å²) >= 11 is 0. The number of pyridine rings is 4. The number of esters is 2. The number of amides is 10. The van der Waals surface area contributed by atoms with E-state index in [4.69, 9.17) is 19.4 Å². The van der Waals surface area contributed by atoms with Crippen molar-refractivity contribution in [2.24, 2.45) is 17.8 Å². The minimum atomic E-state index is -2.05. The van der Waals surface area contributed by atoms with Crippen molar-refractivity contribution < 1.29 is 105 Å². The van der Waals surface area contributed by atoms with E-state index in [9.17, 15) is 96.5 Å². The number of nitrogens with one attached hydrogen (secondary N) is 6. The summed E-state index contributed by atoms with van der Waals surface area (Å²) in [5.41, 5.74) is 3.93. The predicted molar refractivity (Wildman–Crippen MR) is 497 cm³/mol. The number of Topliss-reactive ketones (excluding diaryl/α,β-unsaturated/α-hetero) is 4. The van der Waals surface area contributed by atoms with E-state index in [1.807, 2.05) is 36.4 Å². The van der Waals surface area contributed by atoms with Gasteiger partial charge < -0.3 is 60.7 Å². The van der Waals surface area contributed by atoms with Crippen molar-refractivity contribution in [3.8, 4) is 22.8 Å². The number of hydrogen-bond donors (Lipinski definition) is 8. The molecule has 4 aromatic heterocycles. The SMILES string of the molecule is CC[C@@]1(O)C(=O)OCc2c1cc1n(c2=O)Cc2c-1nc1cc(F)c(C)c3c1c2[C@@H](NC(=O)CNC(=O)[C@@H](CC(=O)CNC(=O)CCC(=O)CCCCCN1C(=O)C=CC1=O)Cc1ccccc1)CC3.CC[C@@]1(O)C(=O)OCc2c1cc1n(c2=O)Cc2c-1nc1cc(F)c(C)c3c1c2[C@@H](NC(=O)CNC(=O)[C@@H](CC(=O)CNC(=O)CCC(=O)CCCCCN1C(=O)CC(C)C1=O)Cc1ccccc1)CC3. The molecule has 8 N–H and O–H groups in total. The summed E-state index contributed by atoms with van der Waals surface area (Å²) < 4.78 is 44.3. The highest BCUT2D eigenvalue weighted by molar-refractivity contribution is 6.13. The molecule has 0 bridgehead atoms. The number of cyclic esters (lactones) is 2. The third-order valence-electron chi connectivity index (χ3n) is 27.9. The molecular weight excluding hydrogens is 1800 g/mol. The molecule has 8 aromatic rings. The van der Waals surface area contributed by atoms with E-state index in [0.717, 1.165) is 27.2 Å². The summed E-state index contributed by atoms with van der Waals surface area (Å²) in [5.74, 6) is -10.1. The number of benzene rings is 4. The molecule has 6 aliphatic heterocycles. The maximum Gasteiger partial charge on any atom is 0.343 e. The summed E-state index contributed by atoms with van der Waals surface area (Å²) in [6.07, 6.45) is 7.66. The summed E-state index contributed by atoms with van der Waals surface area (Å²) in [5, 5.41) is 40.6. The first-order valence-electron chi connectivity index (χ1n) is 47.4. The molecular formula is C103H110F2N12O22. The van der Waals surface area contributed by atoms with E-state index < -0.39 is 130 Å². The largest absolute Gasteiger partial charge is 0.458 e. The zero-order valence-electron chi connectivity index (χ0n) is 78.0. The second kappa shape index (κ2) is 42.4. The number of rotatable bonds is 40. The number of carbonyl (C=O) groups excluding carboxylic acids is 16. The minimum Gasteiger partial charge on any atom is -0.458 e. The number of halogens is 2. The van der Waals surface area contributed by atoms with Crippen LogP contribution in [0.1, 0.15) is 233 Å². The normalized spacial score (nSPS) is 18.7. The number of fused-ring (bicyclic) bond motifs is 10. The molecule has 7 atom stereocenters. The Bertz CT molecular complexity index is 6570. The molecule has 1 saturated heterocycles. The first-order valence-corrected chi connectivity index (χ1v) is 47.4. The topological polar surface area (TPSA) is 480 Å². The zero-order valence-corrected chi connectivity index (χ0v) is 78.0. The molecule has 0 radical (unpaired) electrons. The fourth-order valence-corrected chi connectivity index (χ4v) is 20.1. The average Bonchev–Trinajstić information content (AvgIpc) is 1.57. The van der Waals surface area contributed by atoms with Crippen LogP contribution in [0.2, 0.25) is 0 Å². The van der Waals surface area contributed by atoms with E-state index in [0.29, 0.717) is 149 Å². The van der Waals surface area contributed by atoms with Crippen LogP contribution < -0.4 is 43.0 Å². The smallest absolute Gasteiger partial charge is 0.343 e. The molecule has 4 aromatic carbocycles. The number of imide groups is 2.